The smallest absolute Gasteiger partial charge is 0.153 e. The lowest BCUT2D eigenvalue weighted by molar-refractivity contribution is 0.630. The Balaban J connectivity index is 3.41. The predicted molar refractivity (Wildman–Crippen MR) is 88.0 cm³/mol. The van der Waals surface area contributed by atoms with Crippen molar-refractivity contribution in [3.8, 4) is 0 Å². The minimum atomic E-state index is -1.52. The molecule has 1 aromatic rings. The van der Waals surface area contributed by atoms with Crippen molar-refractivity contribution in [3.63, 3.8) is 0 Å². The monoisotopic (exact) mass is 280 g/mol. The van der Waals surface area contributed by atoms with Gasteiger partial charge in [0.1, 0.15) is 0 Å². The summed E-state index contributed by atoms with van der Waals surface area (Å²) in [6.07, 6.45) is 0. The maximum atomic E-state index is 2.44. The third-order valence-electron chi connectivity index (χ3n) is 4.48. The summed E-state index contributed by atoms with van der Waals surface area (Å²) in [5, 5.41) is 3.20. The number of rotatable bonds is 4. The van der Waals surface area contributed by atoms with Gasteiger partial charge in [-0.25, -0.2) is 0 Å². The van der Waals surface area contributed by atoms with E-state index in [1.807, 2.05) is 0 Å². The zero-order valence-corrected chi connectivity index (χ0v) is 15.2. The average molecular weight is 281 g/mol. The van der Waals surface area contributed by atoms with Crippen LogP contribution in [0.2, 0.25) is 26.2 Å². The second-order valence-electron chi connectivity index (χ2n) is 6.45. The van der Waals surface area contributed by atoms with E-state index in [1.54, 1.807) is 10.4 Å². The molecule has 1 aromatic carbocycles. The van der Waals surface area contributed by atoms with E-state index in [4.69, 9.17) is 0 Å². The lowest BCUT2D eigenvalue weighted by Gasteiger charge is -2.38. The van der Waals surface area contributed by atoms with Crippen LogP contribution in [0.15, 0.2) is 24.3 Å². The molecule has 0 aliphatic heterocycles. The van der Waals surface area contributed by atoms with Crippen LogP contribution in [0.3, 0.4) is 0 Å². The Bertz CT molecular complexity index is 373. The summed E-state index contributed by atoms with van der Waals surface area (Å²) in [6, 6.07) is 9.08. The second kappa shape index (κ2) is 5.29. The zero-order chi connectivity index (χ0) is 14.1. The molecule has 0 bridgehead atoms. The van der Waals surface area contributed by atoms with E-state index in [2.05, 4.69) is 87.8 Å². The summed E-state index contributed by atoms with van der Waals surface area (Å²) in [5.41, 5.74) is 0. The van der Waals surface area contributed by atoms with Crippen molar-refractivity contribution < 1.29 is 0 Å². The van der Waals surface area contributed by atoms with Crippen LogP contribution in [0.25, 0.3) is 0 Å². The molecule has 0 aromatic heterocycles. The number of hydrogen-bond acceptors (Lipinski definition) is 2. The summed E-state index contributed by atoms with van der Waals surface area (Å²) >= 11 is 0. The van der Waals surface area contributed by atoms with E-state index < -0.39 is 16.5 Å². The lowest BCUT2D eigenvalue weighted by atomic mass is 10.4. The molecule has 0 N–H and O–H groups in total. The summed E-state index contributed by atoms with van der Waals surface area (Å²) < 4.78 is 4.87. The maximum absolute atomic E-state index is 2.44. The van der Waals surface area contributed by atoms with Gasteiger partial charge >= 0.3 is 0 Å². The van der Waals surface area contributed by atoms with Crippen molar-refractivity contribution >= 4 is 26.8 Å². The van der Waals surface area contributed by atoms with Gasteiger partial charge in [0.2, 0.25) is 0 Å². The van der Waals surface area contributed by atoms with Gasteiger partial charge in [-0.1, -0.05) is 50.5 Å². The lowest BCUT2D eigenvalue weighted by Crippen LogP contribution is -2.67. The Morgan fingerprint density at radius 3 is 1.17 bits per heavy atom. The van der Waals surface area contributed by atoms with Crippen molar-refractivity contribution in [1.29, 1.82) is 0 Å². The highest BCUT2D eigenvalue weighted by Gasteiger charge is 2.35. The zero-order valence-electron chi connectivity index (χ0n) is 13.2. The van der Waals surface area contributed by atoms with Crippen LogP contribution < -0.4 is 10.4 Å². The van der Waals surface area contributed by atoms with Crippen LogP contribution in [0.5, 0.6) is 0 Å². The fraction of sp³-hybridized carbons (Fsp3) is 0.571. The third kappa shape index (κ3) is 2.77. The quantitative estimate of drug-likeness (QED) is 0.774. The number of hydrogen-bond donors (Lipinski definition) is 0. The molecule has 0 aliphatic rings. The Kier molecular flexibility index (Phi) is 4.59. The van der Waals surface area contributed by atoms with Crippen LogP contribution in [-0.4, -0.2) is 53.8 Å². The molecule has 0 spiro atoms. The molecule has 0 fully saturated rings. The Hall–Kier alpha value is -0.426. The molecule has 1 rings (SSSR count). The van der Waals surface area contributed by atoms with Crippen molar-refractivity contribution in [1.82, 2.24) is 9.13 Å². The first-order chi connectivity index (χ1) is 8.11. The van der Waals surface area contributed by atoms with Crippen molar-refractivity contribution in [2.24, 2.45) is 0 Å². The SMILES string of the molecule is CN(C)[Si](C)(C)c1ccccc1[Si](C)(C)N(C)C. The fourth-order valence-corrected chi connectivity index (χ4v) is 7.32. The highest BCUT2D eigenvalue weighted by atomic mass is 28.3. The summed E-state index contributed by atoms with van der Waals surface area (Å²) in [6.45, 7) is 9.75. The fourth-order valence-electron chi connectivity index (χ4n) is 2.03. The Morgan fingerprint density at radius 2 is 0.944 bits per heavy atom. The normalized spacial score (nSPS) is 13.4. The van der Waals surface area contributed by atoms with Gasteiger partial charge in [0, 0.05) is 0 Å². The van der Waals surface area contributed by atoms with Gasteiger partial charge < -0.3 is 9.13 Å². The summed E-state index contributed by atoms with van der Waals surface area (Å²) in [5.74, 6) is 0. The largest absolute Gasteiger partial charge is 0.326 e. The molecule has 0 saturated heterocycles. The van der Waals surface area contributed by atoms with Crippen molar-refractivity contribution in [2.75, 3.05) is 28.2 Å². The molecule has 0 atom stereocenters. The Morgan fingerprint density at radius 1 is 0.667 bits per heavy atom. The minimum absolute atomic E-state index is 1.52. The first-order valence-corrected chi connectivity index (χ1v) is 12.5. The molecular weight excluding hydrogens is 252 g/mol. The summed E-state index contributed by atoms with van der Waals surface area (Å²) in [7, 11) is 5.83. The molecule has 0 radical (unpaired) electrons. The average Bonchev–Trinajstić information content (AvgIpc) is 2.28. The highest BCUT2D eigenvalue weighted by molar-refractivity contribution is 6.97. The maximum Gasteiger partial charge on any atom is 0.153 e. The van der Waals surface area contributed by atoms with Gasteiger partial charge in [-0.15, -0.1) is 0 Å². The van der Waals surface area contributed by atoms with Crippen LogP contribution >= 0.6 is 0 Å². The van der Waals surface area contributed by atoms with Crippen LogP contribution in [0, 0.1) is 0 Å². The topological polar surface area (TPSA) is 6.48 Å². The molecule has 0 unspecified atom stereocenters. The molecule has 0 amide bonds. The van der Waals surface area contributed by atoms with E-state index in [1.165, 1.54) is 0 Å². The van der Waals surface area contributed by atoms with E-state index >= 15 is 0 Å². The molecule has 0 heterocycles. The van der Waals surface area contributed by atoms with E-state index in [0.717, 1.165) is 0 Å². The van der Waals surface area contributed by atoms with Crippen molar-refractivity contribution in [3.05, 3.63) is 24.3 Å². The van der Waals surface area contributed by atoms with Gasteiger partial charge in [0.05, 0.1) is 0 Å². The summed E-state index contributed by atoms with van der Waals surface area (Å²) in [4.78, 5) is 0. The van der Waals surface area contributed by atoms with Crippen molar-refractivity contribution in [2.45, 2.75) is 26.2 Å². The Labute approximate surface area is 115 Å². The van der Waals surface area contributed by atoms with Crippen LogP contribution in [0.4, 0.5) is 0 Å². The molecule has 0 aliphatic carbocycles. The highest BCUT2D eigenvalue weighted by Crippen LogP contribution is 2.10. The van der Waals surface area contributed by atoms with E-state index in [9.17, 15) is 0 Å². The van der Waals surface area contributed by atoms with Gasteiger partial charge in [0.25, 0.3) is 0 Å². The standard InChI is InChI=1S/C14H28N2Si2/c1-15(2)17(5,6)13-11-9-10-12-14(13)18(7,8)16(3)4/h9-12H,1-8H3. The van der Waals surface area contributed by atoms with Gasteiger partial charge in [-0.2, -0.15) is 0 Å². The second-order valence-corrected chi connectivity index (χ2v) is 15.6. The number of benzene rings is 1. The molecule has 4 heteroatoms. The molecule has 0 saturated carbocycles. The van der Waals surface area contributed by atoms with E-state index in [-0.39, 0.29) is 0 Å². The van der Waals surface area contributed by atoms with Crippen LogP contribution in [0.1, 0.15) is 0 Å². The van der Waals surface area contributed by atoms with E-state index in [0.29, 0.717) is 0 Å². The van der Waals surface area contributed by atoms with Gasteiger partial charge in [-0.05, 0) is 38.6 Å². The predicted octanol–water partition coefficient (Wildman–Crippen LogP) is 1.63. The molecule has 18 heavy (non-hydrogen) atoms. The van der Waals surface area contributed by atoms with Gasteiger partial charge in [-0.3, -0.25) is 0 Å². The molecule has 102 valence electrons. The molecule has 2 nitrogen and oxygen atoms in total. The van der Waals surface area contributed by atoms with Gasteiger partial charge in [0.15, 0.2) is 16.5 Å². The van der Waals surface area contributed by atoms with Crippen LogP contribution in [-0.2, 0) is 0 Å². The molecular formula is C14H28N2Si2. The number of nitrogens with zero attached hydrogens (tertiary/aromatic N) is 2. The third-order valence-corrected chi connectivity index (χ3v) is 12.7. The first-order valence-electron chi connectivity index (χ1n) is 6.56. The minimum Gasteiger partial charge on any atom is -0.326 e. The first kappa shape index (κ1) is 15.6.